The molecule has 0 amide bonds. The molecule has 2 rings (SSSR count). The summed E-state index contributed by atoms with van der Waals surface area (Å²) in [6.45, 7) is 9.59. The van der Waals surface area contributed by atoms with Crippen LogP contribution in [0.1, 0.15) is 55.8 Å². The molecule has 0 spiro atoms. The lowest BCUT2D eigenvalue weighted by atomic mass is 9.80. The number of hydrogen-bond acceptors (Lipinski definition) is 2. The Morgan fingerprint density at radius 3 is 2.55 bits per heavy atom. The fraction of sp³-hybridized carbons (Fsp3) is 0.667. The SMILES string of the molecule is Cc1ccc(C(N)COC2CCC(C)C(C)C2)cc1C. The fourth-order valence-corrected chi connectivity index (χ4v) is 2.98. The van der Waals surface area contributed by atoms with Crippen molar-refractivity contribution in [2.45, 2.75) is 59.1 Å². The molecule has 1 aliphatic rings. The van der Waals surface area contributed by atoms with Gasteiger partial charge in [-0.05, 0) is 61.6 Å². The van der Waals surface area contributed by atoms with Crippen molar-refractivity contribution >= 4 is 0 Å². The van der Waals surface area contributed by atoms with Crippen molar-refractivity contribution in [3.8, 4) is 0 Å². The third-order valence-corrected chi connectivity index (χ3v) is 5.02. The molecular formula is C18H29NO. The average molecular weight is 275 g/mol. The molecule has 1 aliphatic carbocycles. The Bertz CT molecular complexity index is 443. The summed E-state index contributed by atoms with van der Waals surface area (Å²) in [7, 11) is 0. The quantitative estimate of drug-likeness (QED) is 0.896. The zero-order chi connectivity index (χ0) is 14.7. The Labute approximate surface area is 123 Å². The topological polar surface area (TPSA) is 35.2 Å². The highest BCUT2D eigenvalue weighted by atomic mass is 16.5. The maximum absolute atomic E-state index is 6.27. The zero-order valence-corrected chi connectivity index (χ0v) is 13.4. The van der Waals surface area contributed by atoms with E-state index in [1.54, 1.807) is 0 Å². The van der Waals surface area contributed by atoms with Crippen molar-refractivity contribution in [1.29, 1.82) is 0 Å². The lowest BCUT2D eigenvalue weighted by molar-refractivity contribution is -0.00363. The van der Waals surface area contributed by atoms with Crippen LogP contribution in [0.3, 0.4) is 0 Å². The van der Waals surface area contributed by atoms with Gasteiger partial charge in [-0.15, -0.1) is 0 Å². The summed E-state index contributed by atoms with van der Waals surface area (Å²) in [4.78, 5) is 0. The first kappa shape index (κ1) is 15.5. The second-order valence-corrected chi connectivity index (χ2v) is 6.67. The molecule has 0 bridgehead atoms. The van der Waals surface area contributed by atoms with Gasteiger partial charge in [0, 0.05) is 0 Å². The van der Waals surface area contributed by atoms with E-state index < -0.39 is 0 Å². The van der Waals surface area contributed by atoms with Gasteiger partial charge in [-0.1, -0.05) is 32.0 Å². The van der Waals surface area contributed by atoms with Crippen LogP contribution in [0.4, 0.5) is 0 Å². The second-order valence-electron chi connectivity index (χ2n) is 6.67. The minimum absolute atomic E-state index is 0.0102. The van der Waals surface area contributed by atoms with E-state index in [-0.39, 0.29) is 6.04 Å². The van der Waals surface area contributed by atoms with Crippen molar-refractivity contribution in [1.82, 2.24) is 0 Å². The Balaban J connectivity index is 1.85. The van der Waals surface area contributed by atoms with Gasteiger partial charge in [-0.25, -0.2) is 0 Å². The molecule has 4 unspecified atom stereocenters. The van der Waals surface area contributed by atoms with Gasteiger partial charge in [0.05, 0.1) is 18.8 Å². The Morgan fingerprint density at radius 2 is 1.90 bits per heavy atom. The Hall–Kier alpha value is -0.860. The molecule has 0 aromatic heterocycles. The molecule has 0 aliphatic heterocycles. The summed E-state index contributed by atoms with van der Waals surface area (Å²) >= 11 is 0. The highest BCUT2D eigenvalue weighted by Crippen LogP contribution is 2.31. The van der Waals surface area contributed by atoms with Gasteiger partial charge in [-0.3, -0.25) is 0 Å². The number of aryl methyl sites for hydroxylation is 2. The van der Waals surface area contributed by atoms with Gasteiger partial charge in [0.15, 0.2) is 0 Å². The minimum Gasteiger partial charge on any atom is -0.376 e. The molecule has 0 saturated heterocycles. The van der Waals surface area contributed by atoms with E-state index in [1.807, 2.05) is 0 Å². The molecule has 0 heterocycles. The first-order valence-electron chi connectivity index (χ1n) is 7.91. The maximum Gasteiger partial charge on any atom is 0.0663 e. The van der Waals surface area contributed by atoms with E-state index in [4.69, 9.17) is 10.5 Å². The third kappa shape index (κ3) is 3.83. The smallest absolute Gasteiger partial charge is 0.0663 e. The van der Waals surface area contributed by atoms with Crippen molar-refractivity contribution in [2.24, 2.45) is 17.6 Å². The Kier molecular flexibility index (Phi) is 5.22. The van der Waals surface area contributed by atoms with Gasteiger partial charge in [0.1, 0.15) is 0 Å². The number of benzene rings is 1. The van der Waals surface area contributed by atoms with Crippen molar-refractivity contribution in [3.63, 3.8) is 0 Å². The van der Waals surface area contributed by atoms with Crippen LogP contribution in [0, 0.1) is 25.7 Å². The monoisotopic (exact) mass is 275 g/mol. The normalized spacial score (nSPS) is 28.4. The van der Waals surface area contributed by atoms with Gasteiger partial charge in [0.25, 0.3) is 0 Å². The van der Waals surface area contributed by atoms with Gasteiger partial charge < -0.3 is 10.5 Å². The maximum atomic E-state index is 6.27. The third-order valence-electron chi connectivity index (χ3n) is 5.02. The Morgan fingerprint density at radius 1 is 1.15 bits per heavy atom. The minimum atomic E-state index is -0.0102. The van der Waals surface area contributed by atoms with Crippen LogP contribution in [0.2, 0.25) is 0 Å². The number of hydrogen-bond donors (Lipinski definition) is 1. The highest BCUT2D eigenvalue weighted by molar-refractivity contribution is 5.31. The lowest BCUT2D eigenvalue weighted by Crippen LogP contribution is -2.29. The molecule has 2 heteroatoms. The molecule has 4 atom stereocenters. The summed E-state index contributed by atoms with van der Waals surface area (Å²) in [5.74, 6) is 1.61. The highest BCUT2D eigenvalue weighted by Gasteiger charge is 2.25. The van der Waals surface area contributed by atoms with Crippen molar-refractivity contribution in [2.75, 3.05) is 6.61 Å². The average Bonchev–Trinajstić information content (AvgIpc) is 2.43. The number of rotatable bonds is 4. The molecule has 1 aromatic rings. The molecule has 0 radical (unpaired) electrons. The number of ether oxygens (including phenoxy) is 1. The standard InChI is InChI=1S/C18H29NO/c1-12-5-7-16(9-14(12)3)18(19)11-20-17-8-6-13(2)15(4)10-17/h5,7,9,13,15,17-18H,6,8,10-11,19H2,1-4H3. The van der Waals surface area contributed by atoms with Crippen LogP contribution in [0.25, 0.3) is 0 Å². The van der Waals surface area contributed by atoms with Crippen LogP contribution in [0.5, 0.6) is 0 Å². The summed E-state index contributed by atoms with van der Waals surface area (Å²) < 4.78 is 6.06. The van der Waals surface area contributed by atoms with E-state index in [0.29, 0.717) is 12.7 Å². The van der Waals surface area contributed by atoms with E-state index in [9.17, 15) is 0 Å². The van der Waals surface area contributed by atoms with Crippen LogP contribution < -0.4 is 5.73 Å². The van der Waals surface area contributed by atoms with E-state index in [0.717, 1.165) is 11.8 Å². The molecule has 1 saturated carbocycles. The number of nitrogens with two attached hydrogens (primary N) is 1. The van der Waals surface area contributed by atoms with Crippen LogP contribution >= 0.6 is 0 Å². The molecule has 20 heavy (non-hydrogen) atoms. The van der Waals surface area contributed by atoms with Gasteiger partial charge in [-0.2, -0.15) is 0 Å². The predicted molar refractivity (Wildman–Crippen MR) is 84.8 cm³/mol. The lowest BCUT2D eigenvalue weighted by Gasteiger charge is -2.32. The summed E-state index contributed by atoms with van der Waals surface area (Å²) in [6, 6.07) is 6.45. The molecule has 1 fully saturated rings. The predicted octanol–water partition coefficient (Wildman–Crippen LogP) is 4.14. The largest absolute Gasteiger partial charge is 0.376 e. The van der Waals surface area contributed by atoms with Crippen LogP contribution in [-0.4, -0.2) is 12.7 Å². The fourth-order valence-electron chi connectivity index (χ4n) is 2.98. The van der Waals surface area contributed by atoms with Crippen LogP contribution in [0.15, 0.2) is 18.2 Å². The van der Waals surface area contributed by atoms with E-state index in [1.165, 1.54) is 36.0 Å². The van der Waals surface area contributed by atoms with Crippen LogP contribution in [-0.2, 0) is 4.74 Å². The van der Waals surface area contributed by atoms with Crippen molar-refractivity contribution < 1.29 is 4.74 Å². The first-order valence-corrected chi connectivity index (χ1v) is 7.91. The molecule has 1 aromatic carbocycles. The summed E-state index contributed by atoms with van der Waals surface area (Å²) in [5.41, 5.74) is 10.1. The van der Waals surface area contributed by atoms with Gasteiger partial charge in [0.2, 0.25) is 0 Å². The molecule has 2 nitrogen and oxygen atoms in total. The zero-order valence-electron chi connectivity index (χ0n) is 13.4. The summed E-state index contributed by atoms with van der Waals surface area (Å²) in [5, 5.41) is 0. The second kappa shape index (κ2) is 6.73. The molecule has 2 N–H and O–H groups in total. The molecule has 112 valence electrons. The summed E-state index contributed by atoms with van der Waals surface area (Å²) in [6.07, 6.45) is 4.05. The van der Waals surface area contributed by atoms with E-state index >= 15 is 0 Å². The first-order chi connectivity index (χ1) is 9.47. The van der Waals surface area contributed by atoms with Gasteiger partial charge >= 0.3 is 0 Å². The van der Waals surface area contributed by atoms with Crippen molar-refractivity contribution in [3.05, 3.63) is 34.9 Å². The van der Waals surface area contributed by atoms with E-state index in [2.05, 4.69) is 45.9 Å². The molecular weight excluding hydrogens is 246 g/mol.